The number of amides is 1. The summed E-state index contributed by atoms with van der Waals surface area (Å²) in [6.07, 6.45) is 4.82. The number of carbonyl (C=O) groups excluding carboxylic acids is 1. The summed E-state index contributed by atoms with van der Waals surface area (Å²) in [4.78, 5) is 25.1. The lowest BCUT2D eigenvalue weighted by Gasteiger charge is -2.15. The van der Waals surface area contributed by atoms with Crippen molar-refractivity contribution in [2.75, 3.05) is 13.6 Å². The van der Waals surface area contributed by atoms with E-state index < -0.39 is 5.97 Å². The lowest BCUT2D eigenvalue weighted by Crippen LogP contribution is -2.30. The van der Waals surface area contributed by atoms with Gasteiger partial charge in [0.2, 0.25) is 0 Å². The third kappa shape index (κ3) is 3.90. The number of hydrogen-bond acceptors (Lipinski definition) is 3. The van der Waals surface area contributed by atoms with E-state index in [0.717, 1.165) is 49.0 Å². The summed E-state index contributed by atoms with van der Waals surface area (Å²) in [6, 6.07) is 7.40. The van der Waals surface area contributed by atoms with Gasteiger partial charge in [-0.25, -0.2) is 4.68 Å². The Morgan fingerprint density at radius 3 is 2.58 bits per heavy atom. The first-order chi connectivity index (χ1) is 12.5. The molecule has 1 N–H and O–H groups in total. The molecule has 0 atom stereocenters. The molecular formula is C19H22ClN3O3. The smallest absolute Gasteiger partial charge is 0.305 e. The zero-order valence-electron chi connectivity index (χ0n) is 14.7. The second-order valence-corrected chi connectivity index (χ2v) is 7.03. The molecule has 1 aliphatic carbocycles. The average molecular weight is 376 g/mol. The summed E-state index contributed by atoms with van der Waals surface area (Å²) in [5.74, 6) is -1.15. The highest BCUT2D eigenvalue weighted by Gasteiger charge is 2.26. The number of nitrogens with zero attached hydrogens (tertiary/aromatic N) is 3. The molecule has 1 aromatic heterocycles. The fraction of sp³-hybridized carbons (Fsp3) is 0.421. The number of aliphatic carboxylic acids is 1. The maximum atomic E-state index is 12.9. The third-order valence-corrected chi connectivity index (χ3v) is 4.96. The number of benzene rings is 1. The number of rotatable bonds is 5. The Morgan fingerprint density at radius 1 is 1.19 bits per heavy atom. The topological polar surface area (TPSA) is 75.4 Å². The number of hydrogen-bond donors (Lipinski definition) is 1. The summed E-state index contributed by atoms with van der Waals surface area (Å²) < 4.78 is 1.84. The normalized spacial score (nSPS) is 13.8. The van der Waals surface area contributed by atoms with Crippen molar-refractivity contribution >= 4 is 23.5 Å². The van der Waals surface area contributed by atoms with Gasteiger partial charge >= 0.3 is 5.97 Å². The van der Waals surface area contributed by atoms with Gasteiger partial charge in [-0.3, -0.25) is 9.59 Å². The minimum Gasteiger partial charge on any atom is -0.481 e. The van der Waals surface area contributed by atoms with E-state index >= 15 is 0 Å². The van der Waals surface area contributed by atoms with Gasteiger partial charge in [0.1, 0.15) is 0 Å². The number of carbonyl (C=O) groups is 2. The van der Waals surface area contributed by atoms with E-state index in [-0.39, 0.29) is 18.9 Å². The molecule has 0 aliphatic heterocycles. The van der Waals surface area contributed by atoms with Crippen molar-refractivity contribution < 1.29 is 14.7 Å². The maximum absolute atomic E-state index is 12.9. The molecule has 26 heavy (non-hydrogen) atoms. The van der Waals surface area contributed by atoms with Gasteiger partial charge in [0, 0.05) is 29.9 Å². The summed E-state index contributed by atoms with van der Waals surface area (Å²) in [6.45, 7) is 0.163. The van der Waals surface area contributed by atoms with Gasteiger partial charge < -0.3 is 10.0 Å². The van der Waals surface area contributed by atoms with E-state index in [1.54, 1.807) is 7.05 Å². The fourth-order valence-corrected chi connectivity index (χ4v) is 3.42. The second-order valence-electron chi connectivity index (χ2n) is 6.59. The van der Waals surface area contributed by atoms with E-state index in [2.05, 4.69) is 5.10 Å². The Bertz CT molecular complexity index is 814. The molecule has 3 rings (SSSR count). The first-order valence-electron chi connectivity index (χ1n) is 8.81. The molecule has 1 aliphatic rings. The van der Waals surface area contributed by atoms with Crippen LogP contribution in [0.2, 0.25) is 5.02 Å². The molecule has 6 nitrogen and oxygen atoms in total. The van der Waals surface area contributed by atoms with Crippen LogP contribution in [-0.2, 0) is 17.6 Å². The van der Waals surface area contributed by atoms with Crippen molar-refractivity contribution in [3.63, 3.8) is 0 Å². The van der Waals surface area contributed by atoms with Crippen LogP contribution in [0.15, 0.2) is 24.3 Å². The van der Waals surface area contributed by atoms with Crippen LogP contribution in [-0.4, -0.2) is 45.3 Å². The van der Waals surface area contributed by atoms with Crippen molar-refractivity contribution in [1.29, 1.82) is 0 Å². The summed E-state index contributed by atoms with van der Waals surface area (Å²) in [5, 5.41) is 14.1. The molecule has 0 spiro atoms. The molecule has 1 heterocycles. The highest BCUT2D eigenvalue weighted by molar-refractivity contribution is 6.30. The molecule has 0 bridgehead atoms. The molecule has 0 saturated carbocycles. The van der Waals surface area contributed by atoms with Gasteiger partial charge in [-0.2, -0.15) is 5.10 Å². The fourth-order valence-electron chi connectivity index (χ4n) is 3.29. The molecule has 138 valence electrons. The summed E-state index contributed by atoms with van der Waals surface area (Å²) in [7, 11) is 1.62. The van der Waals surface area contributed by atoms with E-state index in [4.69, 9.17) is 16.7 Å². The van der Waals surface area contributed by atoms with E-state index in [9.17, 15) is 9.59 Å². The van der Waals surface area contributed by atoms with Crippen LogP contribution in [0, 0.1) is 0 Å². The van der Waals surface area contributed by atoms with Crippen molar-refractivity contribution in [1.82, 2.24) is 14.7 Å². The zero-order chi connectivity index (χ0) is 18.7. The first-order valence-corrected chi connectivity index (χ1v) is 9.19. The van der Waals surface area contributed by atoms with Gasteiger partial charge in [-0.05, 0) is 49.9 Å². The van der Waals surface area contributed by atoms with E-state index in [1.165, 1.54) is 4.90 Å². The highest BCUT2D eigenvalue weighted by Crippen LogP contribution is 2.27. The van der Waals surface area contributed by atoms with Gasteiger partial charge in [0.25, 0.3) is 5.91 Å². The lowest BCUT2D eigenvalue weighted by molar-refractivity contribution is -0.137. The van der Waals surface area contributed by atoms with Crippen LogP contribution in [0.5, 0.6) is 0 Å². The molecule has 7 heteroatoms. The van der Waals surface area contributed by atoms with Crippen LogP contribution < -0.4 is 0 Å². The van der Waals surface area contributed by atoms with Gasteiger partial charge in [0.05, 0.1) is 12.1 Å². The average Bonchev–Trinajstić information content (AvgIpc) is 2.81. The number of halogens is 1. The summed E-state index contributed by atoms with van der Waals surface area (Å²) in [5.41, 5.74) is 3.37. The Kier molecular flexibility index (Phi) is 5.61. The van der Waals surface area contributed by atoms with E-state index in [1.807, 2.05) is 28.9 Å². The Balaban J connectivity index is 1.98. The van der Waals surface area contributed by atoms with Crippen LogP contribution in [0.4, 0.5) is 0 Å². The van der Waals surface area contributed by atoms with Crippen LogP contribution in [0.3, 0.4) is 0 Å². The molecule has 0 unspecified atom stereocenters. The standard InChI is InChI=1S/C19H22ClN3O3/c1-22(12-11-17(24)25)19(26)18-15-5-3-2-4-6-16(15)23(21-18)14-9-7-13(20)8-10-14/h7-10H,2-6,11-12H2,1H3,(H,24,25). The van der Waals surface area contributed by atoms with Crippen molar-refractivity contribution in [3.8, 4) is 5.69 Å². The number of aromatic nitrogens is 2. The SMILES string of the molecule is CN(CCC(=O)O)C(=O)c1nn(-c2ccc(Cl)cc2)c2c1CCCCC2. The Morgan fingerprint density at radius 2 is 1.88 bits per heavy atom. The Hall–Kier alpha value is -2.34. The molecule has 0 fully saturated rings. The minimum atomic E-state index is -0.921. The second kappa shape index (κ2) is 7.91. The predicted molar refractivity (Wildman–Crippen MR) is 99.0 cm³/mol. The van der Waals surface area contributed by atoms with Gasteiger partial charge in [0.15, 0.2) is 5.69 Å². The minimum absolute atomic E-state index is 0.0810. The molecule has 0 saturated heterocycles. The molecule has 0 radical (unpaired) electrons. The van der Waals surface area contributed by atoms with Crippen LogP contribution >= 0.6 is 11.6 Å². The zero-order valence-corrected chi connectivity index (χ0v) is 15.5. The lowest BCUT2D eigenvalue weighted by atomic mass is 10.1. The highest BCUT2D eigenvalue weighted by atomic mass is 35.5. The van der Waals surface area contributed by atoms with E-state index in [0.29, 0.717) is 10.7 Å². The Labute approximate surface area is 157 Å². The van der Waals surface area contributed by atoms with Gasteiger partial charge in [-0.15, -0.1) is 0 Å². The predicted octanol–water partition coefficient (Wildman–Crippen LogP) is 3.34. The van der Waals surface area contributed by atoms with Crippen molar-refractivity contribution in [2.24, 2.45) is 0 Å². The molecule has 1 aromatic carbocycles. The number of carboxylic acids is 1. The molecule has 1 amide bonds. The van der Waals surface area contributed by atoms with Crippen LogP contribution in [0.25, 0.3) is 5.69 Å². The largest absolute Gasteiger partial charge is 0.481 e. The quantitative estimate of drug-likeness (QED) is 0.813. The number of carboxylic acid groups (broad SMARTS) is 1. The van der Waals surface area contributed by atoms with Crippen molar-refractivity contribution in [2.45, 2.75) is 38.5 Å². The molecular weight excluding hydrogens is 354 g/mol. The molecule has 2 aromatic rings. The monoisotopic (exact) mass is 375 g/mol. The first kappa shape index (κ1) is 18.5. The maximum Gasteiger partial charge on any atom is 0.305 e. The summed E-state index contributed by atoms with van der Waals surface area (Å²) >= 11 is 5.99. The number of fused-ring (bicyclic) bond motifs is 1. The third-order valence-electron chi connectivity index (χ3n) is 4.71. The van der Waals surface area contributed by atoms with Crippen LogP contribution in [0.1, 0.15) is 47.4 Å². The van der Waals surface area contributed by atoms with Gasteiger partial charge in [-0.1, -0.05) is 18.0 Å². The van der Waals surface area contributed by atoms with Crippen molar-refractivity contribution in [3.05, 3.63) is 46.2 Å².